The third kappa shape index (κ3) is 3.75. The van der Waals surface area contributed by atoms with Crippen molar-refractivity contribution in [2.75, 3.05) is 5.75 Å². The van der Waals surface area contributed by atoms with Crippen molar-refractivity contribution < 1.29 is 24.4 Å². The molecule has 1 aromatic carbocycles. The van der Waals surface area contributed by atoms with E-state index in [1.54, 1.807) is 6.07 Å². The van der Waals surface area contributed by atoms with Gasteiger partial charge in [-0.1, -0.05) is 6.07 Å². The molecule has 0 spiro atoms. The number of benzene rings is 1. The molecule has 4 atom stereocenters. The number of aliphatic hydroxyl groups is 3. The number of halogens is 1. The van der Waals surface area contributed by atoms with Crippen LogP contribution in [0.3, 0.4) is 0 Å². The maximum atomic E-state index is 13.3. The van der Waals surface area contributed by atoms with E-state index in [0.717, 1.165) is 6.07 Å². The van der Waals surface area contributed by atoms with Gasteiger partial charge in [-0.3, -0.25) is 4.98 Å². The summed E-state index contributed by atoms with van der Waals surface area (Å²) in [7, 11) is 0. The van der Waals surface area contributed by atoms with Gasteiger partial charge in [-0.05, 0) is 18.2 Å². The highest BCUT2D eigenvalue weighted by molar-refractivity contribution is 7.99. The monoisotopic (exact) mass is 362 g/mol. The second kappa shape index (κ2) is 7.37. The molecule has 2 aromatic rings. The molecule has 0 bridgehead atoms. The van der Waals surface area contributed by atoms with Crippen LogP contribution in [0.5, 0.6) is 5.75 Å². The van der Waals surface area contributed by atoms with Gasteiger partial charge in [-0.15, -0.1) is 11.8 Å². The Balaban J connectivity index is 1.84. The van der Waals surface area contributed by atoms with E-state index in [1.807, 2.05) is 6.07 Å². The summed E-state index contributed by atoms with van der Waals surface area (Å²) in [4.78, 5) is 4.05. The van der Waals surface area contributed by atoms with Crippen LogP contribution in [0.2, 0.25) is 0 Å². The second-order valence-electron chi connectivity index (χ2n) is 5.58. The molecule has 1 aromatic heterocycles. The molecule has 1 aliphatic heterocycles. The van der Waals surface area contributed by atoms with Gasteiger partial charge in [0.25, 0.3) is 0 Å². The van der Waals surface area contributed by atoms with Crippen LogP contribution in [0.4, 0.5) is 4.39 Å². The predicted octanol–water partition coefficient (Wildman–Crippen LogP) is 1.29. The average Bonchev–Trinajstić information content (AvgIpc) is 2.62. The third-order valence-corrected chi connectivity index (χ3v) is 5.07. The van der Waals surface area contributed by atoms with E-state index in [4.69, 9.17) is 10.00 Å². The first-order valence-electron chi connectivity index (χ1n) is 7.47. The molecule has 8 heteroatoms. The number of aliphatic hydroxyl groups excluding tert-OH is 3. The summed E-state index contributed by atoms with van der Waals surface area (Å²) in [5.41, 5.74) is 0.475. The topological polar surface area (TPSA) is 107 Å². The Labute approximate surface area is 147 Å². The molecule has 130 valence electrons. The lowest BCUT2D eigenvalue weighted by Crippen LogP contribution is -2.50. The predicted molar refractivity (Wildman–Crippen MR) is 89.2 cm³/mol. The summed E-state index contributed by atoms with van der Waals surface area (Å²) < 4.78 is 19.0. The van der Waals surface area contributed by atoms with Gasteiger partial charge < -0.3 is 20.1 Å². The van der Waals surface area contributed by atoms with Crippen LogP contribution in [-0.2, 0) is 0 Å². The zero-order valence-corrected chi connectivity index (χ0v) is 13.7. The van der Waals surface area contributed by atoms with Gasteiger partial charge >= 0.3 is 0 Å². The summed E-state index contributed by atoms with van der Waals surface area (Å²) in [6.07, 6.45) is -0.599. The van der Waals surface area contributed by atoms with E-state index in [2.05, 4.69) is 4.98 Å². The molecule has 0 unspecified atom stereocenters. The number of thioether (sulfide) groups is 1. The number of hydrogen-bond donors (Lipinski definition) is 3. The number of hydrogen-bond acceptors (Lipinski definition) is 7. The quantitative estimate of drug-likeness (QED) is 0.755. The van der Waals surface area contributed by atoms with E-state index in [-0.39, 0.29) is 11.3 Å². The first-order chi connectivity index (χ1) is 12.0. The fraction of sp³-hybridized carbons (Fsp3) is 0.294. The largest absolute Gasteiger partial charge is 0.475 e. The highest BCUT2D eigenvalue weighted by Crippen LogP contribution is 2.31. The van der Waals surface area contributed by atoms with E-state index < -0.39 is 29.6 Å². The van der Waals surface area contributed by atoms with Crippen molar-refractivity contribution in [1.82, 2.24) is 4.98 Å². The van der Waals surface area contributed by atoms with Crippen molar-refractivity contribution in [3.63, 3.8) is 0 Å². The van der Waals surface area contributed by atoms with Crippen LogP contribution in [0.1, 0.15) is 5.56 Å². The number of ether oxygens (including phenoxy) is 1. The first kappa shape index (κ1) is 17.6. The molecule has 3 rings (SSSR count). The molecule has 0 saturated carbocycles. The van der Waals surface area contributed by atoms with Gasteiger partial charge in [-0.25, -0.2) is 4.39 Å². The van der Waals surface area contributed by atoms with Gasteiger partial charge in [-0.2, -0.15) is 5.26 Å². The number of pyridine rings is 1. The van der Waals surface area contributed by atoms with Crippen molar-refractivity contribution in [2.24, 2.45) is 0 Å². The van der Waals surface area contributed by atoms with Crippen LogP contribution >= 0.6 is 11.8 Å². The molecule has 1 fully saturated rings. The van der Waals surface area contributed by atoms with E-state index in [9.17, 15) is 19.7 Å². The van der Waals surface area contributed by atoms with Gasteiger partial charge in [0.2, 0.25) is 0 Å². The van der Waals surface area contributed by atoms with E-state index in [0.29, 0.717) is 16.9 Å². The van der Waals surface area contributed by atoms with Crippen LogP contribution in [0.25, 0.3) is 11.1 Å². The van der Waals surface area contributed by atoms with Crippen molar-refractivity contribution in [3.8, 4) is 22.9 Å². The minimum Gasteiger partial charge on any atom is -0.475 e. The summed E-state index contributed by atoms with van der Waals surface area (Å²) in [6, 6.07) is 7.43. The van der Waals surface area contributed by atoms with Gasteiger partial charge in [0.1, 0.15) is 23.8 Å². The first-order valence-corrected chi connectivity index (χ1v) is 8.52. The molecule has 0 amide bonds. The lowest BCUT2D eigenvalue weighted by molar-refractivity contribution is -0.0786. The molecule has 6 nitrogen and oxygen atoms in total. The highest BCUT2D eigenvalue weighted by atomic mass is 32.2. The van der Waals surface area contributed by atoms with Crippen LogP contribution < -0.4 is 4.74 Å². The number of aromatic nitrogens is 1. The smallest absolute Gasteiger partial charge is 0.173 e. The van der Waals surface area contributed by atoms with Crippen molar-refractivity contribution in [3.05, 3.63) is 48.0 Å². The minimum atomic E-state index is -1.29. The van der Waals surface area contributed by atoms with E-state index in [1.165, 1.54) is 36.3 Å². The van der Waals surface area contributed by atoms with Crippen molar-refractivity contribution in [1.29, 1.82) is 5.26 Å². The fourth-order valence-electron chi connectivity index (χ4n) is 2.51. The normalized spacial score (nSPS) is 26.0. The van der Waals surface area contributed by atoms with Crippen molar-refractivity contribution >= 4 is 11.8 Å². The molecular weight excluding hydrogens is 347 g/mol. The summed E-state index contributed by atoms with van der Waals surface area (Å²) >= 11 is 1.18. The lowest BCUT2D eigenvalue weighted by Gasteiger charge is -2.34. The Morgan fingerprint density at radius 2 is 2.00 bits per heavy atom. The van der Waals surface area contributed by atoms with Crippen LogP contribution in [0.15, 0.2) is 36.7 Å². The second-order valence-corrected chi connectivity index (χ2v) is 6.71. The summed E-state index contributed by atoms with van der Waals surface area (Å²) in [5.74, 6) is 0.0489. The highest BCUT2D eigenvalue weighted by Gasteiger charge is 2.38. The Morgan fingerprint density at radius 3 is 2.76 bits per heavy atom. The zero-order chi connectivity index (χ0) is 18.0. The molecule has 1 aliphatic rings. The zero-order valence-electron chi connectivity index (χ0n) is 12.9. The Bertz CT molecular complexity index is 813. The average molecular weight is 362 g/mol. The standard InChI is InChI=1S/C17H15FN2O4S/c18-11-1-2-13(9(3-11)5-19)10-4-12(7-20-6-10)24-17-16(23)15(22)14(21)8-25-17/h1-4,6-7,14-17,21-23H,8H2/t14-,15+,16-,17-/m1/s1. The molecule has 0 radical (unpaired) electrons. The molecule has 0 aliphatic carbocycles. The lowest BCUT2D eigenvalue weighted by atomic mass is 10.0. The SMILES string of the molecule is N#Cc1cc(F)ccc1-c1cncc(O[C@@H]2SC[C@@H](O)[C@H](O)[C@H]2O)c1. The number of nitrogens with zero attached hydrogens (tertiary/aromatic N) is 2. The van der Waals surface area contributed by atoms with Gasteiger partial charge in [0.05, 0.1) is 23.9 Å². The van der Waals surface area contributed by atoms with Crippen molar-refractivity contribution in [2.45, 2.75) is 23.7 Å². The fourth-order valence-corrected chi connectivity index (χ4v) is 3.63. The van der Waals surface area contributed by atoms with Crippen LogP contribution in [0, 0.1) is 17.1 Å². The Kier molecular flexibility index (Phi) is 5.20. The number of nitriles is 1. The molecular formula is C17H15FN2O4S. The molecule has 1 saturated heterocycles. The van der Waals surface area contributed by atoms with Gasteiger partial charge in [0, 0.05) is 23.1 Å². The summed E-state index contributed by atoms with van der Waals surface area (Å²) in [5, 5.41) is 38.5. The minimum absolute atomic E-state index is 0.171. The van der Waals surface area contributed by atoms with Gasteiger partial charge in [0.15, 0.2) is 5.44 Å². The maximum absolute atomic E-state index is 13.3. The summed E-state index contributed by atoms with van der Waals surface area (Å²) in [6.45, 7) is 0. The van der Waals surface area contributed by atoms with Crippen LogP contribution in [-0.4, -0.2) is 49.8 Å². The third-order valence-electron chi connectivity index (χ3n) is 3.83. The van der Waals surface area contributed by atoms with E-state index >= 15 is 0 Å². The Hall–Kier alpha value is -2.18. The molecule has 2 heterocycles. The molecule has 25 heavy (non-hydrogen) atoms. The maximum Gasteiger partial charge on any atom is 0.173 e. The number of rotatable bonds is 3. The molecule has 3 N–H and O–H groups in total. The Morgan fingerprint density at radius 1 is 1.20 bits per heavy atom.